The summed E-state index contributed by atoms with van der Waals surface area (Å²) in [7, 11) is 0. The Bertz CT molecular complexity index is 1140. The van der Waals surface area contributed by atoms with Crippen LogP contribution in [0.1, 0.15) is 18.2 Å². The highest BCUT2D eigenvalue weighted by molar-refractivity contribution is 7.99. The van der Waals surface area contributed by atoms with Gasteiger partial charge in [0.25, 0.3) is 0 Å². The summed E-state index contributed by atoms with van der Waals surface area (Å²) in [6.45, 7) is 2.56. The second-order valence-corrected chi connectivity index (χ2v) is 8.24. The molecule has 2 aromatic carbocycles. The van der Waals surface area contributed by atoms with Gasteiger partial charge in [0, 0.05) is 16.3 Å². The van der Waals surface area contributed by atoms with Gasteiger partial charge in [-0.05, 0) is 60.5 Å². The molecule has 0 radical (unpaired) electrons. The summed E-state index contributed by atoms with van der Waals surface area (Å²) in [5.74, 6) is 1.57. The number of benzene rings is 2. The van der Waals surface area contributed by atoms with Gasteiger partial charge in [0.05, 0.1) is 18.6 Å². The van der Waals surface area contributed by atoms with E-state index in [-0.39, 0.29) is 11.7 Å². The van der Waals surface area contributed by atoms with Gasteiger partial charge in [-0.25, -0.2) is 0 Å². The van der Waals surface area contributed by atoms with Crippen LogP contribution in [0, 0.1) is 0 Å². The summed E-state index contributed by atoms with van der Waals surface area (Å²) in [5.41, 5.74) is 2.89. The Morgan fingerprint density at radius 1 is 1.10 bits per heavy atom. The number of nitrogens with one attached hydrogen (secondary N) is 1. The molecule has 0 aliphatic rings. The van der Waals surface area contributed by atoms with Crippen molar-refractivity contribution in [2.24, 2.45) is 0 Å². The summed E-state index contributed by atoms with van der Waals surface area (Å²) >= 11 is 7.35. The Kier molecular flexibility index (Phi) is 6.74. The van der Waals surface area contributed by atoms with Crippen LogP contribution >= 0.6 is 23.4 Å². The highest BCUT2D eigenvalue weighted by atomic mass is 35.5. The normalized spacial score (nSPS) is 10.9. The Labute approximate surface area is 189 Å². The van der Waals surface area contributed by atoms with E-state index in [0.717, 1.165) is 23.4 Å². The lowest BCUT2D eigenvalue weighted by Gasteiger charge is -2.09. The van der Waals surface area contributed by atoms with E-state index >= 15 is 0 Å². The molecule has 2 aromatic heterocycles. The fraction of sp³-hybridized carbons (Fsp3) is 0.174. The molecule has 1 amide bonds. The molecule has 0 atom stereocenters. The maximum Gasteiger partial charge on any atom is 0.234 e. The lowest BCUT2D eigenvalue weighted by atomic mass is 10.1. The molecule has 0 saturated heterocycles. The van der Waals surface area contributed by atoms with Gasteiger partial charge in [0.2, 0.25) is 5.91 Å². The first-order chi connectivity index (χ1) is 15.1. The van der Waals surface area contributed by atoms with Gasteiger partial charge in [0.15, 0.2) is 11.0 Å². The van der Waals surface area contributed by atoms with Gasteiger partial charge in [0.1, 0.15) is 5.76 Å². The lowest BCUT2D eigenvalue weighted by Crippen LogP contribution is -2.14. The van der Waals surface area contributed by atoms with Gasteiger partial charge < -0.3 is 9.73 Å². The number of aromatic nitrogens is 3. The van der Waals surface area contributed by atoms with Crippen LogP contribution in [0.3, 0.4) is 0 Å². The molecule has 0 aliphatic carbocycles. The zero-order chi connectivity index (χ0) is 21.6. The van der Waals surface area contributed by atoms with Crippen molar-refractivity contribution in [3.05, 3.63) is 83.3 Å². The van der Waals surface area contributed by atoms with E-state index in [1.54, 1.807) is 6.26 Å². The fourth-order valence-corrected chi connectivity index (χ4v) is 3.92. The molecule has 31 heavy (non-hydrogen) atoms. The number of hydrogen-bond donors (Lipinski definition) is 1. The molecule has 0 saturated carbocycles. The molecule has 0 fully saturated rings. The molecule has 4 rings (SSSR count). The van der Waals surface area contributed by atoms with Gasteiger partial charge >= 0.3 is 0 Å². The third-order valence-electron chi connectivity index (χ3n) is 4.69. The second-order valence-electron chi connectivity index (χ2n) is 6.87. The number of hydrogen-bond acceptors (Lipinski definition) is 5. The predicted octanol–water partition coefficient (Wildman–Crippen LogP) is 5.53. The zero-order valence-corrected chi connectivity index (χ0v) is 18.5. The quantitative estimate of drug-likeness (QED) is 0.356. The Hall–Kier alpha value is -3.03. The molecule has 8 heteroatoms. The minimum atomic E-state index is -0.102. The third kappa shape index (κ3) is 5.37. The van der Waals surface area contributed by atoms with Gasteiger partial charge in [-0.15, -0.1) is 10.2 Å². The molecule has 0 bridgehead atoms. The molecular weight excluding hydrogens is 432 g/mol. The van der Waals surface area contributed by atoms with Crippen LogP contribution in [0.2, 0.25) is 5.02 Å². The van der Waals surface area contributed by atoms with Crippen molar-refractivity contribution in [1.29, 1.82) is 0 Å². The van der Waals surface area contributed by atoms with E-state index in [1.807, 2.05) is 65.2 Å². The van der Waals surface area contributed by atoms with Crippen molar-refractivity contribution < 1.29 is 9.21 Å². The number of carbonyl (C=O) groups excluding carboxylic acids is 1. The fourth-order valence-electron chi connectivity index (χ4n) is 3.06. The number of rotatable bonds is 8. The summed E-state index contributed by atoms with van der Waals surface area (Å²) in [6.07, 6.45) is 2.59. The van der Waals surface area contributed by atoms with Crippen molar-refractivity contribution >= 4 is 35.0 Å². The van der Waals surface area contributed by atoms with Gasteiger partial charge in [-0.2, -0.15) is 0 Å². The SMILES string of the molecule is CCc1ccc(NC(=O)CSc2nnc(-c3ccc(Cl)cc3)n2Cc2ccco2)cc1. The van der Waals surface area contributed by atoms with Crippen LogP contribution in [-0.2, 0) is 17.8 Å². The maximum atomic E-state index is 12.5. The van der Waals surface area contributed by atoms with Crippen molar-refractivity contribution in [3.8, 4) is 11.4 Å². The number of nitrogens with zero attached hydrogens (tertiary/aromatic N) is 3. The first-order valence-corrected chi connectivity index (χ1v) is 11.2. The molecule has 2 heterocycles. The number of carbonyl (C=O) groups is 1. The van der Waals surface area contributed by atoms with Crippen LogP contribution in [-0.4, -0.2) is 26.4 Å². The van der Waals surface area contributed by atoms with Crippen molar-refractivity contribution in [3.63, 3.8) is 0 Å². The minimum absolute atomic E-state index is 0.102. The van der Waals surface area contributed by atoms with Crippen LogP contribution in [0.5, 0.6) is 0 Å². The lowest BCUT2D eigenvalue weighted by molar-refractivity contribution is -0.113. The average molecular weight is 453 g/mol. The van der Waals surface area contributed by atoms with E-state index < -0.39 is 0 Å². The molecule has 1 N–H and O–H groups in total. The summed E-state index contributed by atoms with van der Waals surface area (Å²) in [5, 5.41) is 12.9. The minimum Gasteiger partial charge on any atom is -0.467 e. The maximum absolute atomic E-state index is 12.5. The smallest absolute Gasteiger partial charge is 0.234 e. The summed E-state index contributed by atoms with van der Waals surface area (Å²) in [6, 6.07) is 19.0. The van der Waals surface area contributed by atoms with Crippen LogP contribution in [0.4, 0.5) is 5.69 Å². The molecule has 6 nitrogen and oxygen atoms in total. The van der Waals surface area contributed by atoms with E-state index in [9.17, 15) is 4.79 Å². The van der Waals surface area contributed by atoms with E-state index in [4.69, 9.17) is 16.0 Å². The monoisotopic (exact) mass is 452 g/mol. The topological polar surface area (TPSA) is 73.0 Å². The molecule has 0 unspecified atom stereocenters. The first kappa shape index (κ1) is 21.2. The molecule has 158 valence electrons. The third-order valence-corrected chi connectivity index (χ3v) is 5.91. The first-order valence-electron chi connectivity index (χ1n) is 9.85. The molecular formula is C23H21ClN4O2S. The molecule has 0 aliphatic heterocycles. The number of aryl methyl sites for hydroxylation is 1. The van der Waals surface area contributed by atoms with Gasteiger partial charge in [-0.3, -0.25) is 9.36 Å². The van der Waals surface area contributed by atoms with Crippen LogP contribution in [0.15, 0.2) is 76.5 Å². The number of halogens is 1. The standard InChI is InChI=1S/C23H21ClN4O2S/c1-2-16-5-11-19(12-6-16)25-21(29)15-31-23-27-26-22(17-7-9-18(24)10-8-17)28(23)14-20-4-3-13-30-20/h3-13H,2,14-15H2,1H3,(H,25,29). The second kappa shape index (κ2) is 9.85. The molecule has 0 spiro atoms. The zero-order valence-electron chi connectivity index (χ0n) is 16.9. The summed E-state index contributed by atoms with van der Waals surface area (Å²) < 4.78 is 7.45. The Morgan fingerprint density at radius 3 is 2.55 bits per heavy atom. The van der Waals surface area contributed by atoms with Crippen molar-refractivity contribution in [2.45, 2.75) is 25.0 Å². The van der Waals surface area contributed by atoms with Gasteiger partial charge in [-0.1, -0.05) is 42.4 Å². The van der Waals surface area contributed by atoms with Crippen molar-refractivity contribution in [2.75, 3.05) is 11.1 Å². The van der Waals surface area contributed by atoms with Crippen LogP contribution < -0.4 is 5.32 Å². The highest BCUT2D eigenvalue weighted by Crippen LogP contribution is 2.26. The van der Waals surface area contributed by atoms with E-state index in [2.05, 4.69) is 22.4 Å². The number of furan rings is 1. The van der Waals surface area contributed by atoms with Crippen LogP contribution in [0.25, 0.3) is 11.4 Å². The average Bonchev–Trinajstić information content (AvgIpc) is 3.44. The number of thioether (sulfide) groups is 1. The predicted molar refractivity (Wildman–Crippen MR) is 123 cm³/mol. The number of anilines is 1. The van der Waals surface area contributed by atoms with Crippen molar-refractivity contribution in [1.82, 2.24) is 14.8 Å². The largest absolute Gasteiger partial charge is 0.467 e. The Balaban J connectivity index is 1.50. The van der Waals surface area contributed by atoms with E-state index in [1.165, 1.54) is 17.3 Å². The number of amides is 1. The Morgan fingerprint density at radius 2 is 1.87 bits per heavy atom. The molecule has 4 aromatic rings. The summed E-state index contributed by atoms with van der Waals surface area (Å²) in [4.78, 5) is 12.5. The van der Waals surface area contributed by atoms with E-state index in [0.29, 0.717) is 22.5 Å². The highest BCUT2D eigenvalue weighted by Gasteiger charge is 2.17.